The highest BCUT2D eigenvalue weighted by Gasteiger charge is 2.38. The van der Waals surface area contributed by atoms with Crippen LogP contribution in [0.4, 0.5) is 22.0 Å². The lowest BCUT2D eigenvalue weighted by molar-refractivity contribution is -0.164. The molecule has 0 saturated carbocycles. The molecule has 1 atom stereocenters. The average molecular weight is 469 g/mol. The smallest absolute Gasteiger partial charge is 0.416 e. The molecule has 1 N–H and O–H groups in total. The summed E-state index contributed by atoms with van der Waals surface area (Å²) in [7, 11) is 0. The number of rotatable bonds is 6. The molecule has 12 heteroatoms. The van der Waals surface area contributed by atoms with Crippen molar-refractivity contribution in [1.82, 2.24) is 5.32 Å². The summed E-state index contributed by atoms with van der Waals surface area (Å²) in [6.07, 6.45) is -3.82. The fraction of sp³-hybridized carbons (Fsp3) is 0.375. The molecule has 1 unspecified atom stereocenters. The van der Waals surface area contributed by atoms with Crippen LogP contribution in [-0.4, -0.2) is 28.2 Å². The van der Waals surface area contributed by atoms with Crippen molar-refractivity contribution in [2.45, 2.75) is 28.9 Å². The molecule has 156 valence electrons. The van der Waals surface area contributed by atoms with Gasteiger partial charge in [-0.15, -0.1) is 0 Å². The molecule has 0 heterocycles. The van der Waals surface area contributed by atoms with E-state index in [4.69, 9.17) is 34.8 Å². The van der Waals surface area contributed by atoms with Crippen molar-refractivity contribution in [3.05, 3.63) is 47.5 Å². The van der Waals surface area contributed by atoms with Gasteiger partial charge >= 0.3 is 18.1 Å². The van der Waals surface area contributed by atoms with E-state index in [0.717, 1.165) is 12.1 Å². The Bertz CT molecular complexity index is 731. The zero-order chi connectivity index (χ0) is 21.8. The van der Waals surface area contributed by atoms with Gasteiger partial charge in [0, 0.05) is 0 Å². The molecule has 0 bridgehead atoms. The van der Waals surface area contributed by atoms with Crippen molar-refractivity contribution in [3.63, 3.8) is 0 Å². The maximum absolute atomic E-state index is 13.8. The molecule has 0 spiro atoms. The van der Waals surface area contributed by atoms with E-state index in [1.807, 2.05) is 0 Å². The number of nitrogens with one attached hydrogen (secondary N) is 1. The van der Waals surface area contributed by atoms with E-state index < -0.39 is 39.4 Å². The van der Waals surface area contributed by atoms with Crippen LogP contribution in [0.2, 0.25) is 0 Å². The van der Waals surface area contributed by atoms with Gasteiger partial charge in [0.15, 0.2) is 0 Å². The van der Waals surface area contributed by atoms with Crippen LogP contribution in [0.3, 0.4) is 0 Å². The van der Waals surface area contributed by atoms with E-state index in [-0.39, 0.29) is 18.2 Å². The van der Waals surface area contributed by atoms with Gasteiger partial charge in [-0.25, -0.2) is 4.79 Å². The number of carbonyl (C=O) groups is 2. The second kappa shape index (κ2) is 9.28. The fourth-order valence-electron chi connectivity index (χ4n) is 1.86. The van der Waals surface area contributed by atoms with E-state index in [9.17, 15) is 31.5 Å². The number of amides is 1. The lowest BCUT2D eigenvalue weighted by atomic mass is 10.0. The first-order valence-electron chi connectivity index (χ1n) is 7.47. The topological polar surface area (TPSA) is 55.4 Å². The largest absolute Gasteiger partial charge is 0.461 e. The van der Waals surface area contributed by atoms with Crippen LogP contribution in [0.15, 0.2) is 36.4 Å². The maximum Gasteiger partial charge on any atom is 0.416 e. The second-order valence-electron chi connectivity index (χ2n) is 5.27. The standard InChI is InChI=1S/C16H13Cl3F5NO3/c1-2-28-13(27)14(20,21)8-7-11(25-12(26)15(17,18)19)9-3-5-10(6-4-9)16(22,23)24/h3-8,11H,2H2,1H3,(H,25,26)/b8-7+. The number of ether oxygens (including phenoxy) is 1. The SMILES string of the molecule is CCOC(=O)C(F)(F)/C=C/C(NC(=O)C(Cl)(Cl)Cl)c1ccc(C(F)(F)F)cc1. The lowest BCUT2D eigenvalue weighted by Crippen LogP contribution is -2.37. The summed E-state index contributed by atoms with van der Waals surface area (Å²) in [4.78, 5) is 23.1. The number of hydrogen-bond acceptors (Lipinski definition) is 3. The number of halogens is 8. The highest BCUT2D eigenvalue weighted by Crippen LogP contribution is 2.31. The van der Waals surface area contributed by atoms with Crippen molar-refractivity contribution in [1.29, 1.82) is 0 Å². The van der Waals surface area contributed by atoms with Gasteiger partial charge in [-0.3, -0.25) is 4.79 Å². The molecular formula is C16H13Cl3F5NO3. The van der Waals surface area contributed by atoms with Gasteiger partial charge in [-0.05, 0) is 30.7 Å². The highest BCUT2D eigenvalue weighted by atomic mass is 35.6. The third-order valence-electron chi connectivity index (χ3n) is 3.19. The predicted octanol–water partition coefficient (Wildman–Crippen LogP) is 4.99. The van der Waals surface area contributed by atoms with E-state index in [2.05, 4.69) is 10.1 Å². The Labute approximate surface area is 171 Å². The van der Waals surface area contributed by atoms with E-state index in [0.29, 0.717) is 18.2 Å². The van der Waals surface area contributed by atoms with E-state index in [1.165, 1.54) is 6.92 Å². The zero-order valence-corrected chi connectivity index (χ0v) is 16.3. The van der Waals surface area contributed by atoms with Crippen LogP contribution in [-0.2, 0) is 20.5 Å². The van der Waals surface area contributed by atoms with Gasteiger partial charge < -0.3 is 10.1 Å². The highest BCUT2D eigenvalue weighted by molar-refractivity contribution is 6.76. The molecule has 4 nitrogen and oxygen atoms in total. The Kier molecular flexibility index (Phi) is 8.10. The summed E-state index contributed by atoms with van der Waals surface area (Å²) >= 11 is 16.2. The van der Waals surface area contributed by atoms with E-state index in [1.54, 1.807) is 0 Å². The molecule has 28 heavy (non-hydrogen) atoms. The Balaban J connectivity index is 3.21. The molecule has 1 amide bonds. The quantitative estimate of drug-likeness (QED) is 0.277. The minimum atomic E-state index is -4.62. The minimum absolute atomic E-state index is 0.0356. The Morgan fingerprint density at radius 3 is 2.07 bits per heavy atom. The molecule has 1 aromatic carbocycles. The number of alkyl halides is 8. The monoisotopic (exact) mass is 467 g/mol. The molecular weight excluding hydrogens is 456 g/mol. The molecule has 1 aromatic rings. The van der Waals surface area contributed by atoms with Crippen LogP contribution < -0.4 is 5.32 Å². The van der Waals surface area contributed by atoms with E-state index >= 15 is 0 Å². The molecule has 0 radical (unpaired) electrons. The number of esters is 1. The predicted molar refractivity (Wildman–Crippen MR) is 93.3 cm³/mol. The van der Waals surface area contributed by atoms with Gasteiger partial charge in [0.1, 0.15) is 0 Å². The van der Waals surface area contributed by atoms with Gasteiger partial charge in [-0.2, -0.15) is 22.0 Å². The minimum Gasteiger partial charge on any atom is -0.461 e. The third kappa shape index (κ3) is 7.10. The number of benzene rings is 1. The van der Waals surface area contributed by atoms with Gasteiger partial charge in [0.05, 0.1) is 18.2 Å². The summed E-state index contributed by atoms with van der Waals surface area (Å²) in [6.45, 7) is 1.03. The molecule has 0 aliphatic carbocycles. The van der Waals surface area contributed by atoms with Crippen LogP contribution >= 0.6 is 34.8 Å². The van der Waals surface area contributed by atoms with Crippen molar-refractivity contribution in [3.8, 4) is 0 Å². The average Bonchev–Trinajstić information content (AvgIpc) is 2.57. The Morgan fingerprint density at radius 2 is 1.64 bits per heavy atom. The van der Waals surface area contributed by atoms with Gasteiger partial charge in [0.25, 0.3) is 9.70 Å². The molecule has 1 rings (SSSR count). The van der Waals surface area contributed by atoms with Crippen molar-refractivity contribution < 1.29 is 36.3 Å². The van der Waals surface area contributed by atoms with Gasteiger partial charge in [-0.1, -0.05) is 53.0 Å². The van der Waals surface area contributed by atoms with Crippen molar-refractivity contribution in [2.24, 2.45) is 0 Å². The molecule has 0 fully saturated rings. The summed E-state index contributed by atoms with van der Waals surface area (Å²) in [5.41, 5.74) is -1.03. The van der Waals surface area contributed by atoms with Crippen molar-refractivity contribution >= 4 is 46.7 Å². The van der Waals surface area contributed by atoms with Crippen molar-refractivity contribution in [2.75, 3.05) is 6.61 Å². The molecule has 0 aromatic heterocycles. The fourth-order valence-corrected chi connectivity index (χ4v) is 2.02. The zero-order valence-electron chi connectivity index (χ0n) is 14.0. The Morgan fingerprint density at radius 1 is 1.11 bits per heavy atom. The summed E-state index contributed by atoms with van der Waals surface area (Å²) in [5.74, 6) is -7.11. The van der Waals surface area contributed by atoms with Crippen LogP contribution in [0.5, 0.6) is 0 Å². The first-order chi connectivity index (χ1) is 12.7. The van der Waals surface area contributed by atoms with Crippen LogP contribution in [0, 0.1) is 0 Å². The second-order valence-corrected chi connectivity index (χ2v) is 7.55. The summed E-state index contributed by atoms with van der Waals surface area (Å²) in [5, 5.41) is 2.09. The lowest BCUT2D eigenvalue weighted by Gasteiger charge is -2.20. The summed E-state index contributed by atoms with van der Waals surface area (Å²) < 4.78 is 67.3. The molecule has 0 aliphatic rings. The maximum atomic E-state index is 13.8. The molecule has 0 aliphatic heterocycles. The van der Waals surface area contributed by atoms with Gasteiger partial charge in [0.2, 0.25) is 0 Å². The number of carbonyl (C=O) groups excluding carboxylic acids is 2. The normalized spacial score (nSPS) is 14.0. The Hall–Kier alpha value is -1.58. The molecule has 0 saturated heterocycles. The van der Waals surface area contributed by atoms with Crippen LogP contribution in [0.1, 0.15) is 24.1 Å². The first-order valence-corrected chi connectivity index (χ1v) is 8.61. The first kappa shape index (κ1) is 24.5. The third-order valence-corrected chi connectivity index (χ3v) is 3.70. The number of hydrogen-bond donors (Lipinski definition) is 1. The summed E-state index contributed by atoms with van der Waals surface area (Å²) in [6, 6.07) is 1.83. The van der Waals surface area contributed by atoms with Crippen LogP contribution in [0.25, 0.3) is 0 Å².